The number of halogens is 8. The van der Waals surface area contributed by atoms with Crippen molar-refractivity contribution in [3.8, 4) is 6.07 Å². The molecule has 2 aromatic rings. The van der Waals surface area contributed by atoms with Gasteiger partial charge in [0.05, 0.1) is 23.6 Å². The largest absolute Gasteiger partial charge is 0.490 e. The number of hydrogen-bond donors (Lipinski definition) is 2. The number of rotatable bonds is 3. The molecule has 2 aliphatic heterocycles. The predicted molar refractivity (Wildman–Crippen MR) is 136 cm³/mol. The summed E-state index contributed by atoms with van der Waals surface area (Å²) >= 11 is 0. The van der Waals surface area contributed by atoms with E-state index in [-0.39, 0.29) is 12.5 Å². The Morgan fingerprint density at radius 3 is 2.14 bits per heavy atom. The summed E-state index contributed by atoms with van der Waals surface area (Å²) in [4.78, 5) is 38.8. The van der Waals surface area contributed by atoms with E-state index in [4.69, 9.17) is 25.1 Å². The zero-order valence-electron chi connectivity index (χ0n) is 22.9. The molecule has 2 fully saturated rings. The zero-order chi connectivity index (χ0) is 33.5. The molecule has 4 rings (SSSR count). The summed E-state index contributed by atoms with van der Waals surface area (Å²) in [5, 5.41) is 23.4. The van der Waals surface area contributed by atoms with E-state index in [2.05, 4.69) is 11.1 Å². The topological polar surface area (TPSA) is 135 Å². The Hall–Kier alpha value is -4.33. The molecule has 0 radical (unpaired) electrons. The van der Waals surface area contributed by atoms with E-state index in [1.54, 1.807) is 40.3 Å². The Balaban J connectivity index is 0.000000402. The van der Waals surface area contributed by atoms with Crippen molar-refractivity contribution in [3.05, 3.63) is 59.4 Å². The van der Waals surface area contributed by atoms with Gasteiger partial charge in [-0.25, -0.2) is 18.4 Å². The summed E-state index contributed by atoms with van der Waals surface area (Å²) < 4.78 is 93.1. The number of carbonyl (C=O) groups excluding carboxylic acids is 1. The molecule has 9 nitrogen and oxygen atoms in total. The minimum absolute atomic E-state index is 0.265. The number of likely N-dealkylation sites (tertiary alicyclic amines) is 1. The van der Waals surface area contributed by atoms with Crippen LogP contribution in [-0.4, -0.2) is 75.9 Å². The Labute approximate surface area is 245 Å². The Morgan fingerprint density at radius 2 is 1.61 bits per heavy atom. The Kier molecular flexibility index (Phi) is 11.4. The van der Waals surface area contributed by atoms with Crippen LogP contribution in [0.15, 0.2) is 42.6 Å². The van der Waals surface area contributed by atoms with E-state index in [1.165, 1.54) is 0 Å². The molecular formula is C27H26F8N4O5. The number of piperidine rings is 2. The molecule has 2 N–H and O–H groups in total. The molecule has 0 bridgehead atoms. The first kappa shape index (κ1) is 35.9. The molecule has 3 heterocycles. The normalized spacial score (nSPS) is 20.0. The van der Waals surface area contributed by atoms with Crippen LogP contribution in [0.1, 0.15) is 36.1 Å². The quantitative estimate of drug-likeness (QED) is 0.440. The first-order chi connectivity index (χ1) is 20.2. The number of nitriles is 1. The lowest BCUT2D eigenvalue weighted by molar-refractivity contribution is -0.193. The molecule has 1 unspecified atom stereocenters. The van der Waals surface area contributed by atoms with Crippen LogP contribution >= 0.6 is 0 Å². The maximum absolute atomic E-state index is 14.8. The van der Waals surface area contributed by atoms with Gasteiger partial charge in [-0.2, -0.15) is 31.6 Å². The van der Waals surface area contributed by atoms with E-state index >= 15 is 0 Å². The van der Waals surface area contributed by atoms with Gasteiger partial charge in [0.2, 0.25) is 5.91 Å². The fourth-order valence-electron chi connectivity index (χ4n) is 4.86. The van der Waals surface area contributed by atoms with Gasteiger partial charge in [0, 0.05) is 43.6 Å². The highest BCUT2D eigenvalue weighted by molar-refractivity contribution is 5.99. The van der Waals surface area contributed by atoms with Gasteiger partial charge in [-0.1, -0.05) is 6.07 Å². The van der Waals surface area contributed by atoms with Gasteiger partial charge in [-0.15, -0.1) is 0 Å². The van der Waals surface area contributed by atoms with Crippen molar-refractivity contribution in [1.29, 1.82) is 5.26 Å². The zero-order valence-corrected chi connectivity index (χ0v) is 22.9. The van der Waals surface area contributed by atoms with E-state index in [0.29, 0.717) is 43.7 Å². The summed E-state index contributed by atoms with van der Waals surface area (Å²) in [6.45, 7) is 2.65. The first-order valence-corrected chi connectivity index (χ1v) is 12.6. The van der Waals surface area contributed by atoms with Crippen molar-refractivity contribution in [3.63, 3.8) is 0 Å². The molecule has 1 aromatic carbocycles. The lowest BCUT2D eigenvalue weighted by Crippen LogP contribution is -2.61. The van der Waals surface area contributed by atoms with Crippen molar-refractivity contribution in [2.75, 3.05) is 24.5 Å². The van der Waals surface area contributed by atoms with Crippen LogP contribution in [0.4, 0.5) is 40.8 Å². The number of hydrogen-bond acceptors (Lipinski definition) is 6. The van der Waals surface area contributed by atoms with Gasteiger partial charge < -0.3 is 15.1 Å². The van der Waals surface area contributed by atoms with Gasteiger partial charge >= 0.3 is 24.3 Å². The van der Waals surface area contributed by atoms with E-state index in [9.17, 15) is 39.9 Å². The first-order valence-electron chi connectivity index (χ1n) is 12.6. The van der Waals surface area contributed by atoms with Crippen molar-refractivity contribution in [2.45, 2.75) is 51.0 Å². The molecule has 44 heavy (non-hydrogen) atoms. The number of aliphatic carboxylic acids is 2. The van der Waals surface area contributed by atoms with Crippen molar-refractivity contribution in [2.24, 2.45) is 5.41 Å². The lowest BCUT2D eigenvalue weighted by atomic mass is 9.71. The average molecular weight is 639 g/mol. The van der Waals surface area contributed by atoms with E-state index in [0.717, 1.165) is 11.3 Å². The Bertz CT molecular complexity index is 1370. The van der Waals surface area contributed by atoms with Crippen LogP contribution in [-0.2, 0) is 20.9 Å². The van der Waals surface area contributed by atoms with E-state index < -0.39 is 42.0 Å². The number of pyridine rings is 1. The third-order valence-corrected chi connectivity index (χ3v) is 6.45. The monoisotopic (exact) mass is 638 g/mol. The summed E-state index contributed by atoms with van der Waals surface area (Å²) in [7, 11) is 0. The number of carbonyl (C=O) groups is 3. The van der Waals surface area contributed by atoms with Gasteiger partial charge in [0.15, 0.2) is 0 Å². The molecular weight excluding hydrogens is 612 g/mol. The second kappa shape index (κ2) is 14.0. The summed E-state index contributed by atoms with van der Waals surface area (Å²) in [5.74, 6) is -8.72. The van der Waals surface area contributed by atoms with Crippen LogP contribution in [0.5, 0.6) is 0 Å². The van der Waals surface area contributed by atoms with Crippen LogP contribution in [0, 0.1) is 23.7 Å². The number of amides is 1. The highest BCUT2D eigenvalue weighted by atomic mass is 19.4. The third kappa shape index (κ3) is 10.1. The minimum Gasteiger partial charge on any atom is -0.475 e. The minimum atomic E-state index is -5.08. The molecule has 2 saturated heterocycles. The number of carboxylic acid groups (broad SMARTS) is 2. The third-order valence-electron chi connectivity index (χ3n) is 6.45. The van der Waals surface area contributed by atoms with Crippen LogP contribution in [0.25, 0.3) is 0 Å². The van der Waals surface area contributed by atoms with Gasteiger partial charge in [-0.05, 0) is 55.7 Å². The number of benzene rings is 1. The highest BCUT2D eigenvalue weighted by Gasteiger charge is 2.55. The fraction of sp³-hybridized carbons (Fsp3) is 0.444. The van der Waals surface area contributed by atoms with E-state index in [1.807, 2.05) is 19.1 Å². The number of anilines is 1. The van der Waals surface area contributed by atoms with Crippen molar-refractivity contribution in [1.82, 2.24) is 9.88 Å². The number of alkyl halides is 8. The number of aryl methyl sites for hydroxylation is 1. The second-order valence-electron chi connectivity index (χ2n) is 10.1. The maximum atomic E-state index is 14.8. The highest BCUT2D eigenvalue weighted by Crippen LogP contribution is 2.46. The lowest BCUT2D eigenvalue weighted by Gasteiger charge is -2.49. The van der Waals surface area contributed by atoms with Gasteiger partial charge in [0.25, 0.3) is 5.92 Å². The average Bonchev–Trinajstić information content (AvgIpc) is 2.89. The summed E-state index contributed by atoms with van der Waals surface area (Å²) in [6, 6.07) is 12.6. The van der Waals surface area contributed by atoms with Crippen molar-refractivity contribution >= 4 is 23.5 Å². The SMILES string of the molecule is Cc1cc(CN2CC(F)(F)CC3(CCCN(c4cccc(C#N)c4)C3=O)C2)ccn1.O=C(O)C(F)(F)F.O=C(O)C(F)(F)F. The van der Waals surface area contributed by atoms with Crippen LogP contribution < -0.4 is 4.90 Å². The Morgan fingerprint density at radius 1 is 1.02 bits per heavy atom. The molecule has 1 amide bonds. The van der Waals surface area contributed by atoms with Crippen LogP contribution in [0.2, 0.25) is 0 Å². The number of carboxylic acids is 2. The molecule has 1 aromatic heterocycles. The smallest absolute Gasteiger partial charge is 0.475 e. The van der Waals surface area contributed by atoms with Crippen LogP contribution in [0.3, 0.4) is 0 Å². The molecule has 2 aliphatic rings. The molecule has 1 spiro atoms. The fourth-order valence-corrected chi connectivity index (χ4v) is 4.86. The summed E-state index contributed by atoms with van der Waals surface area (Å²) in [6.07, 6.45) is -7.82. The standard InChI is InChI=1S/C23H24F2N4O.2C2HF3O2/c1-17-10-19(6-8-27-17)13-28-15-22(14-23(24,25)16-28)7-3-9-29(21(22)30)20-5-2-4-18(11-20)12-26;2*3-2(4,5)1(6)7/h2,4-6,8,10-11H,3,7,9,13-16H2,1H3;2*(H,6,7). The molecule has 0 saturated carbocycles. The van der Waals surface area contributed by atoms with Gasteiger partial charge in [-0.3, -0.25) is 14.7 Å². The van der Waals surface area contributed by atoms with Gasteiger partial charge in [0.1, 0.15) is 0 Å². The maximum Gasteiger partial charge on any atom is 0.490 e. The summed E-state index contributed by atoms with van der Waals surface area (Å²) in [5.41, 5.74) is 1.68. The molecule has 0 aliphatic carbocycles. The predicted octanol–water partition coefficient (Wildman–Crippen LogP) is 5.18. The molecule has 1 atom stereocenters. The molecule has 17 heteroatoms. The van der Waals surface area contributed by atoms with Crippen molar-refractivity contribution < 1.29 is 59.7 Å². The molecule has 240 valence electrons. The number of aromatic nitrogens is 1. The number of nitrogens with zero attached hydrogens (tertiary/aromatic N) is 4. The second-order valence-corrected chi connectivity index (χ2v) is 10.1.